The zero-order chi connectivity index (χ0) is 10.6. The average Bonchev–Trinajstić information content (AvgIpc) is 2.65. The van der Waals surface area contributed by atoms with Gasteiger partial charge in [0.15, 0.2) is 5.65 Å². The Balaban J connectivity index is 0.000000461. The maximum Gasteiger partial charge on any atom is 0.154 e. The minimum absolute atomic E-state index is 0.988. The molecule has 1 radical (unpaired) electrons. The smallest absolute Gasteiger partial charge is 0.154 e. The van der Waals surface area contributed by atoms with Crippen LogP contribution < -0.4 is 0 Å². The lowest BCUT2D eigenvalue weighted by Gasteiger charge is -1.96. The number of fused-ring (bicyclic) bond motifs is 1. The Morgan fingerprint density at radius 1 is 1.43 bits per heavy atom. The van der Waals surface area contributed by atoms with Crippen LogP contribution in [-0.2, 0) is 0 Å². The van der Waals surface area contributed by atoms with Gasteiger partial charge in [-0.2, -0.15) is 0 Å². The zero-order valence-electron chi connectivity index (χ0n) is 8.07. The van der Waals surface area contributed by atoms with Crippen LogP contribution in [0, 0.1) is 6.92 Å². The Labute approximate surface area is 101 Å². The van der Waals surface area contributed by atoms with E-state index in [1.54, 1.807) is 22.3 Å². The molecule has 0 aliphatic carbocycles. The molecule has 0 saturated heterocycles. The van der Waals surface area contributed by atoms with Gasteiger partial charge in [-0.15, -0.1) is 0 Å². The Morgan fingerprint density at radius 2 is 2.14 bits per heavy atom. The van der Waals surface area contributed by atoms with Gasteiger partial charge < -0.3 is 0 Å². The number of hydrogen-bond donors (Lipinski definition) is 0. The van der Waals surface area contributed by atoms with Gasteiger partial charge in [-0.1, -0.05) is 6.82 Å². The number of aromatic nitrogens is 3. The van der Waals surface area contributed by atoms with Crippen LogP contribution in [0.2, 0.25) is 6.82 Å². The van der Waals surface area contributed by atoms with Crippen LogP contribution in [0.15, 0.2) is 18.6 Å². The summed E-state index contributed by atoms with van der Waals surface area (Å²) in [4.78, 5) is 8.32. The monoisotopic (exact) mass is 318 g/mol. The molecule has 73 valence electrons. The van der Waals surface area contributed by atoms with Gasteiger partial charge in [0.2, 0.25) is 0 Å². The summed E-state index contributed by atoms with van der Waals surface area (Å²) >= 11 is 2.23. The number of aryl methyl sites for hydroxylation is 1. The average molecular weight is 318 g/mol. The van der Waals surface area contributed by atoms with Crippen molar-refractivity contribution in [2.45, 2.75) is 13.7 Å². The first-order chi connectivity index (χ1) is 6.83. The molecule has 2 aromatic rings. The molecule has 0 unspecified atom stereocenters. The molecule has 0 spiro atoms. The summed E-state index contributed by atoms with van der Waals surface area (Å²) in [5, 5.41) is 1.13. The van der Waals surface area contributed by atoms with Crippen LogP contribution >= 0.6 is 30.3 Å². The van der Waals surface area contributed by atoms with Crippen molar-refractivity contribution in [3.05, 3.63) is 24.3 Å². The predicted octanol–water partition coefficient (Wildman–Crippen LogP) is 2.52. The molecular weight excluding hydrogens is 308 g/mol. The molecule has 0 N–H and O–H groups in total. The first-order valence-electron chi connectivity index (χ1n) is 4.11. The fourth-order valence-electron chi connectivity index (χ4n) is 1.11. The van der Waals surface area contributed by atoms with Gasteiger partial charge >= 0.3 is 0 Å². The molecule has 0 aliphatic heterocycles. The van der Waals surface area contributed by atoms with Gasteiger partial charge in [-0.05, 0) is 13.0 Å². The lowest BCUT2D eigenvalue weighted by molar-refractivity contribution is 1.13. The van der Waals surface area contributed by atoms with E-state index in [2.05, 4.69) is 39.0 Å². The van der Waals surface area contributed by atoms with Crippen molar-refractivity contribution >= 4 is 49.2 Å². The van der Waals surface area contributed by atoms with E-state index in [-0.39, 0.29) is 0 Å². The van der Waals surface area contributed by atoms with Gasteiger partial charge in [-0.25, -0.2) is 9.97 Å². The van der Waals surface area contributed by atoms with Crippen molar-refractivity contribution in [2.24, 2.45) is 0 Å². The standard InChI is InChI=1S/C7H6IN3S.CH4B/c1-5-6-2-3-11(12-8)7(6)10-4-9-5;1-2/h2-4H,1H3;2H,1H3. The quantitative estimate of drug-likeness (QED) is 0.598. The van der Waals surface area contributed by atoms with E-state index < -0.39 is 0 Å². The first-order valence-corrected chi connectivity index (χ1v) is 7.43. The molecule has 0 amide bonds. The largest absolute Gasteiger partial charge is 0.266 e. The Kier molecular flexibility index (Phi) is 4.73. The van der Waals surface area contributed by atoms with E-state index in [0.29, 0.717) is 0 Å². The molecule has 0 fully saturated rings. The minimum atomic E-state index is 0.988. The van der Waals surface area contributed by atoms with E-state index in [0.717, 1.165) is 16.7 Å². The predicted molar refractivity (Wildman–Crippen MR) is 72.3 cm³/mol. The van der Waals surface area contributed by atoms with Gasteiger partial charge in [0.25, 0.3) is 0 Å². The molecule has 0 aliphatic rings. The topological polar surface area (TPSA) is 30.7 Å². The van der Waals surface area contributed by atoms with Gasteiger partial charge in [-0.3, -0.25) is 3.97 Å². The van der Waals surface area contributed by atoms with Crippen molar-refractivity contribution in [1.29, 1.82) is 0 Å². The summed E-state index contributed by atoms with van der Waals surface area (Å²) < 4.78 is 2.02. The van der Waals surface area contributed by atoms with Gasteiger partial charge in [0.05, 0.1) is 13.5 Å². The molecule has 2 rings (SSSR count). The molecule has 0 atom stereocenters. The molecule has 6 heteroatoms. The van der Waals surface area contributed by atoms with Crippen molar-refractivity contribution in [2.75, 3.05) is 0 Å². The third kappa shape index (κ3) is 2.22. The fraction of sp³-hybridized carbons (Fsp3) is 0.250. The number of hydrogen-bond acceptors (Lipinski definition) is 3. The molecular formula is C8H10BIN3S. The SMILES string of the molecule is Cc1ncnc2c1ccn2SI.[BH]C. The normalized spacial score (nSPS) is 9.64. The minimum Gasteiger partial charge on any atom is -0.266 e. The molecule has 14 heavy (non-hydrogen) atoms. The summed E-state index contributed by atoms with van der Waals surface area (Å²) in [6.45, 7) is 3.74. The summed E-state index contributed by atoms with van der Waals surface area (Å²) in [6.07, 6.45) is 3.60. The van der Waals surface area contributed by atoms with Crippen LogP contribution in [-0.4, -0.2) is 21.8 Å². The third-order valence-corrected chi connectivity index (χ3v) is 3.44. The second-order valence-electron chi connectivity index (χ2n) is 2.41. The van der Waals surface area contributed by atoms with Gasteiger partial charge in [0.1, 0.15) is 6.33 Å². The van der Waals surface area contributed by atoms with Crippen LogP contribution in [0.4, 0.5) is 0 Å². The highest BCUT2D eigenvalue weighted by molar-refractivity contribution is 14.2. The number of nitrogens with zero attached hydrogens (tertiary/aromatic N) is 3. The molecule has 2 heterocycles. The van der Waals surface area contributed by atoms with Crippen molar-refractivity contribution in [3.8, 4) is 0 Å². The maximum absolute atomic E-state index is 4.20. The first kappa shape index (κ1) is 11.8. The zero-order valence-corrected chi connectivity index (χ0v) is 11.0. The van der Waals surface area contributed by atoms with Crippen molar-refractivity contribution in [1.82, 2.24) is 13.9 Å². The second kappa shape index (κ2) is 5.60. The van der Waals surface area contributed by atoms with Crippen molar-refractivity contribution in [3.63, 3.8) is 0 Å². The van der Waals surface area contributed by atoms with E-state index >= 15 is 0 Å². The Hall–Kier alpha value is -0.235. The molecule has 2 aromatic heterocycles. The second-order valence-corrected chi connectivity index (χ2v) is 4.12. The van der Waals surface area contributed by atoms with Crippen LogP contribution in [0.5, 0.6) is 0 Å². The van der Waals surface area contributed by atoms with Crippen LogP contribution in [0.3, 0.4) is 0 Å². The molecule has 0 aromatic carbocycles. The van der Waals surface area contributed by atoms with E-state index in [4.69, 9.17) is 0 Å². The molecule has 0 bridgehead atoms. The summed E-state index contributed by atoms with van der Waals surface area (Å²) in [6, 6.07) is 2.04. The Bertz CT molecular complexity index is 418. The lowest BCUT2D eigenvalue weighted by atomic mass is 10.2. The van der Waals surface area contributed by atoms with Gasteiger partial charge in [0, 0.05) is 41.9 Å². The summed E-state index contributed by atoms with van der Waals surface area (Å²) in [7, 11) is 4.86. The maximum atomic E-state index is 4.20. The highest BCUT2D eigenvalue weighted by Crippen LogP contribution is 2.23. The van der Waals surface area contributed by atoms with E-state index in [9.17, 15) is 0 Å². The summed E-state index contributed by atoms with van der Waals surface area (Å²) in [5.74, 6) is 0. The molecule has 0 saturated carbocycles. The highest BCUT2D eigenvalue weighted by atomic mass is 127. The van der Waals surface area contributed by atoms with Crippen molar-refractivity contribution < 1.29 is 0 Å². The van der Waals surface area contributed by atoms with Crippen LogP contribution in [0.1, 0.15) is 5.69 Å². The van der Waals surface area contributed by atoms with E-state index in [1.807, 2.05) is 23.2 Å². The Morgan fingerprint density at radius 3 is 2.79 bits per heavy atom. The fourth-order valence-corrected chi connectivity index (χ4v) is 2.38. The van der Waals surface area contributed by atoms with E-state index in [1.165, 1.54) is 0 Å². The third-order valence-electron chi connectivity index (χ3n) is 1.72. The molecule has 3 nitrogen and oxygen atoms in total. The summed E-state index contributed by atoms with van der Waals surface area (Å²) in [5.41, 5.74) is 2.02. The number of halogens is 1. The lowest BCUT2D eigenvalue weighted by Crippen LogP contribution is -1.87. The van der Waals surface area contributed by atoms with Crippen LogP contribution in [0.25, 0.3) is 11.0 Å². The number of rotatable bonds is 1. The highest BCUT2D eigenvalue weighted by Gasteiger charge is 2.03.